The van der Waals surface area contributed by atoms with Crippen molar-refractivity contribution in [1.82, 2.24) is 10.6 Å². The Morgan fingerprint density at radius 3 is 2.70 bits per heavy atom. The zero-order valence-corrected chi connectivity index (χ0v) is 14.1. The van der Waals surface area contributed by atoms with Crippen molar-refractivity contribution >= 4 is 15.8 Å². The van der Waals surface area contributed by atoms with Gasteiger partial charge in [-0.05, 0) is 31.4 Å². The summed E-state index contributed by atoms with van der Waals surface area (Å²) in [4.78, 5) is 4.52. The number of aliphatic imine (C=N–C) groups is 1. The molecule has 3 rings (SSSR count). The molecule has 2 saturated heterocycles. The van der Waals surface area contributed by atoms with Gasteiger partial charge in [-0.15, -0.1) is 0 Å². The maximum atomic E-state index is 12.2. The minimum absolute atomic E-state index is 0.0327. The molecular formula is C16H23N3O3S. The number of guanidine groups is 1. The molecule has 2 N–H and O–H groups in total. The Kier molecular flexibility index (Phi) is 4.87. The van der Waals surface area contributed by atoms with Gasteiger partial charge in [-0.25, -0.2) is 8.42 Å². The van der Waals surface area contributed by atoms with E-state index in [0.29, 0.717) is 23.5 Å². The van der Waals surface area contributed by atoms with Crippen molar-refractivity contribution in [2.75, 3.05) is 19.3 Å². The van der Waals surface area contributed by atoms with E-state index in [1.54, 1.807) is 37.4 Å². The first-order valence-corrected chi connectivity index (χ1v) is 9.64. The van der Waals surface area contributed by atoms with Gasteiger partial charge in [-0.1, -0.05) is 18.2 Å². The molecule has 7 heteroatoms. The molecule has 1 aromatic carbocycles. The zero-order valence-electron chi connectivity index (χ0n) is 13.2. The number of sulfone groups is 1. The van der Waals surface area contributed by atoms with Gasteiger partial charge in [0.2, 0.25) is 0 Å². The Balaban J connectivity index is 1.49. The molecule has 3 unspecified atom stereocenters. The average molecular weight is 337 g/mol. The Hall–Kier alpha value is -1.60. The first kappa shape index (κ1) is 16.3. The van der Waals surface area contributed by atoms with Crippen LogP contribution >= 0.6 is 0 Å². The Labute approximate surface area is 137 Å². The highest BCUT2D eigenvalue weighted by molar-refractivity contribution is 7.91. The lowest BCUT2D eigenvalue weighted by atomic mass is 9.96. The number of rotatable bonds is 5. The van der Waals surface area contributed by atoms with Crippen LogP contribution in [0.15, 0.2) is 40.2 Å². The SMILES string of the molecule is CN=C(NCCS(=O)(=O)c1ccccc1)NC1CC2CCC1O2. The molecule has 2 aliphatic rings. The molecule has 2 fully saturated rings. The number of nitrogens with one attached hydrogen (secondary N) is 2. The predicted octanol–water partition coefficient (Wildman–Crippen LogP) is 0.945. The molecule has 2 aliphatic heterocycles. The van der Waals surface area contributed by atoms with Crippen molar-refractivity contribution in [3.8, 4) is 0 Å². The van der Waals surface area contributed by atoms with Crippen LogP contribution in [0.2, 0.25) is 0 Å². The van der Waals surface area contributed by atoms with Crippen LogP contribution < -0.4 is 10.6 Å². The van der Waals surface area contributed by atoms with E-state index < -0.39 is 9.84 Å². The quantitative estimate of drug-likeness (QED) is 0.618. The standard InChI is InChI=1S/C16H23N3O3S/c1-17-16(19-14-11-12-7-8-15(14)22-12)18-9-10-23(20,21)13-5-3-2-4-6-13/h2-6,12,14-15H,7-11H2,1H3,(H2,17,18,19). The molecule has 3 atom stereocenters. The molecule has 126 valence electrons. The molecule has 0 amide bonds. The van der Waals surface area contributed by atoms with Crippen molar-refractivity contribution in [2.45, 2.75) is 42.4 Å². The lowest BCUT2D eigenvalue weighted by Gasteiger charge is -2.22. The van der Waals surface area contributed by atoms with Crippen LogP contribution in [0.1, 0.15) is 19.3 Å². The van der Waals surface area contributed by atoms with E-state index in [4.69, 9.17) is 4.74 Å². The summed E-state index contributed by atoms with van der Waals surface area (Å²) in [7, 11) is -1.58. The molecule has 6 nitrogen and oxygen atoms in total. The highest BCUT2D eigenvalue weighted by atomic mass is 32.2. The molecular weight excluding hydrogens is 314 g/mol. The number of hydrogen-bond acceptors (Lipinski definition) is 4. The largest absolute Gasteiger partial charge is 0.373 e. The van der Waals surface area contributed by atoms with Crippen LogP contribution in [0.4, 0.5) is 0 Å². The van der Waals surface area contributed by atoms with Crippen molar-refractivity contribution in [3.63, 3.8) is 0 Å². The summed E-state index contributed by atoms with van der Waals surface area (Å²) < 4.78 is 30.3. The number of nitrogens with zero attached hydrogens (tertiary/aromatic N) is 1. The third-order valence-electron chi connectivity index (χ3n) is 4.42. The van der Waals surface area contributed by atoms with Crippen molar-refractivity contribution in [2.24, 2.45) is 4.99 Å². The first-order valence-electron chi connectivity index (χ1n) is 7.99. The van der Waals surface area contributed by atoms with Crippen molar-refractivity contribution in [1.29, 1.82) is 0 Å². The normalized spacial score (nSPS) is 27.2. The van der Waals surface area contributed by atoms with Gasteiger partial charge >= 0.3 is 0 Å². The van der Waals surface area contributed by atoms with Crippen LogP contribution in [0.5, 0.6) is 0 Å². The van der Waals surface area contributed by atoms with Crippen LogP contribution in [-0.2, 0) is 14.6 Å². The smallest absolute Gasteiger partial charge is 0.191 e. The van der Waals surface area contributed by atoms with Gasteiger partial charge in [0.05, 0.1) is 28.9 Å². The first-order chi connectivity index (χ1) is 11.1. The summed E-state index contributed by atoms with van der Waals surface area (Å²) in [6.07, 6.45) is 3.85. The number of fused-ring (bicyclic) bond motifs is 2. The summed E-state index contributed by atoms with van der Waals surface area (Å²) in [5.41, 5.74) is 0. The highest BCUT2D eigenvalue weighted by Gasteiger charge is 2.41. The Morgan fingerprint density at radius 2 is 2.09 bits per heavy atom. The Morgan fingerprint density at radius 1 is 1.30 bits per heavy atom. The summed E-state index contributed by atoms with van der Waals surface area (Å²) in [6.45, 7) is 0.318. The molecule has 0 saturated carbocycles. The molecule has 0 radical (unpaired) electrons. The topological polar surface area (TPSA) is 79.8 Å². The van der Waals surface area contributed by atoms with Crippen LogP contribution in [0.3, 0.4) is 0 Å². The second-order valence-electron chi connectivity index (χ2n) is 5.99. The third kappa shape index (κ3) is 3.84. The fourth-order valence-corrected chi connectivity index (χ4v) is 4.39. The van der Waals surface area contributed by atoms with E-state index in [2.05, 4.69) is 15.6 Å². The molecule has 2 heterocycles. The number of ether oxygens (including phenoxy) is 1. The van der Waals surface area contributed by atoms with E-state index in [9.17, 15) is 8.42 Å². The van der Waals surface area contributed by atoms with Gasteiger partial charge < -0.3 is 15.4 Å². The van der Waals surface area contributed by atoms with Crippen LogP contribution in [-0.4, -0.2) is 52.0 Å². The third-order valence-corrected chi connectivity index (χ3v) is 6.15. The Bertz CT molecular complexity index is 660. The maximum Gasteiger partial charge on any atom is 0.191 e. The fourth-order valence-electron chi connectivity index (χ4n) is 3.21. The van der Waals surface area contributed by atoms with E-state index in [1.807, 2.05) is 0 Å². The molecule has 0 aliphatic carbocycles. The van der Waals surface area contributed by atoms with Gasteiger partial charge in [0.1, 0.15) is 0 Å². The number of benzene rings is 1. The van der Waals surface area contributed by atoms with E-state index >= 15 is 0 Å². The minimum Gasteiger partial charge on any atom is -0.373 e. The fraction of sp³-hybridized carbons (Fsp3) is 0.562. The second-order valence-corrected chi connectivity index (χ2v) is 8.10. The molecule has 2 bridgehead atoms. The van der Waals surface area contributed by atoms with Gasteiger partial charge in [-0.2, -0.15) is 0 Å². The highest BCUT2D eigenvalue weighted by Crippen LogP contribution is 2.34. The van der Waals surface area contributed by atoms with Gasteiger partial charge in [-0.3, -0.25) is 4.99 Å². The van der Waals surface area contributed by atoms with Crippen molar-refractivity contribution in [3.05, 3.63) is 30.3 Å². The second kappa shape index (κ2) is 6.88. The maximum absolute atomic E-state index is 12.2. The number of hydrogen-bond donors (Lipinski definition) is 2. The van der Waals surface area contributed by atoms with E-state index in [-0.39, 0.29) is 17.9 Å². The van der Waals surface area contributed by atoms with Gasteiger partial charge in [0, 0.05) is 13.6 Å². The zero-order chi connectivity index (χ0) is 16.3. The van der Waals surface area contributed by atoms with Crippen LogP contribution in [0, 0.1) is 0 Å². The molecule has 0 aromatic heterocycles. The average Bonchev–Trinajstić information content (AvgIpc) is 3.17. The summed E-state index contributed by atoms with van der Waals surface area (Å²) in [6, 6.07) is 8.78. The molecule has 0 spiro atoms. The minimum atomic E-state index is -3.27. The summed E-state index contributed by atoms with van der Waals surface area (Å²) >= 11 is 0. The summed E-state index contributed by atoms with van der Waals surface area (Å²) in [5.74, 6) is 0.666. The lowest BCUT2D eigenvalue weighted by molar-refractivity contribution is 0.0992. The molecule has 23 heavy (non-hydrogen) atoms. The predicted molar refractivity (Wildman–Crippen MR) is 89.3 cm³/mol. The summed E-state index contributed by atoms with van der Waals surface area (Å²) in [5, 5.41) is 6.43. The van der Waals surface area contributed by atoms with Crippen molar-refractivity contribution < 1.29 is 13.2 Å². The van der Waals surface area contributed by atoms with Gasteiger partial charge in [0.25, 0.3) is 0 Å². The lowest BCUT2D eigenvalue weighted by Crippen LogP contribution is -2.48. The van der Waals surface area contributed by atoms with Crippen LogP contribution in [0.25, 0.3) is 0 Å². The van der Waals surface area contributed by atoms with Gasteiger partial charge in [0.15, 0.2) is 15.8 Å². The monoisotopic (exact) mass is 337 g/mol. The van der Waals surface area contributed by atoms with E-state index in [1.165, 1.54) is 0 Å². The molecule has 1 aromatic rings. The van der Waals surface area contributed by atoms with E-state index in [0.717, 1.165) is 19.3 Å².